The van der Waals surface area contributed by atoms with Crippen molar-refractivity contribution in [3.8, 4) is 67.7 Å². The molecule has 2 aliphatic carbocycles. The standard InChI is InChI=1S/C84H92N4/c1-9-13-17-27-37-67-57(5)51-63(52-58(67)6)81-86-80(87-82(88-81)64-53-59(7)68(60(8)54-64)38-28-18-14-10-2)62-42-44-70-69-43-41-61(55-75(69)84(76(70)56-62,65-33-23-21-24-34-65)66-35-25-22-26-36-66)77-47-45-72-78(85-77)48-46-74-79(72)71-39-29-30-40-73(71)83(74,49-31-19-15-11-3)50-32-20-16-12-4/h21-26,29-30,33-36,39-48,51-56H,9-20,27-28,31-32,37-38,49-50H2,1-8H3. The van der Waals surface area contributed by atoms with E-state index in [4.69, 9.17) is 19.9 Å². The zero-order valence-electron chi connectivity index (χ0n) is 54.1. The van der Waals surface area contributed by atoms with Crippen molar-refractivity contribution < 1.29 is 0 Å². The predicted octanol–water partition coefficient (Wildman–Crippen LogP) is 23.1. The Bertz CT molecular complexity index is 3910. The van der Waals surface area contributed by atoms with Crippen molar-refractivity contribution in [1.82, 2.24) is 19.9 Å². The van der Waals surface area contributed by atoms with E-state index in [0.29, 0.717) is 17.5 Å². The van der Waals surface area contributed by atoms with E-state index >= 15 is 0 Å². The fourth-order valence-electron chi connectivity index (χ4n) is 15.7. The third kappa shape index (κ3) is 11.5. The smallest absolute Gasteiger partial charge is 0.164 e. The van der Waals surface area contributed by atoms with E-state index in [1.165, 1.54) is 210 Å². The summed E-state index contributed by atoms with van der Waals surface area (Å²) in [6.45, 7) is 18.3. The van der Waals surface area contributed by atoms with Crippen molar-refractivity contribution in [2.24, 2.45) is 0 Å². The van der Waals surface area contributed by atoms with Crippen LogP contribution in [0.2, 0.25) is 0 Å². The van der Waals surface area contributed by atoms with Crippen LogP contribution in [-0.2, 0) is 23.7 Å². The zero-order chi connectivity index (χ0) is 60.8. The quantitative estimate of drug-likeness (QED) is 0.0507. The number of aromatic nitrogens is 4. The topological polar surface area (TPSA) is 51.6 Å². The molecule has 0 bridgehead atoms. The van der Waals surface area contributed by atoms with Crippen LogP contribution in [0, 0.1) is 27.7 Å². The highest BCUT2D eigenvalue weighted by Crippen LogP contribution is 2.59. The van der Waals surface area contributed by atoms with Gasteiger partial charge in [0.2, 0.25) is 0 Å². The molecule has 10 aromatic rings. The summed E-state index contributed by atoms with van der Waals surface area (Å²) in [6, 6.07) is 64.6. The van der Waals surface area contributed by atoms with Crippen molar-refractivity contribution in [3.63, 3.8) is 0 Å². The summed E-state index contributed by atoms with van der Waals surface area (Å²) in [5, 5.41) is 1.26. The fraction of sp³-hybridized carbons (Fsp3) is 0.357. The van der Waals surface area contributed by atoms with Crippen LogP contribution >= 0.6 is 0 Å². The van der Waals surface area contributed by atoms with Gasteiger partial charge >= 0.3 is 0 Å². The molecular weight excluding hydrogens is 1060 g/mol. The van der Waals surface area contributed by atoms with Crippen molar-refractivity contribution in [2.45, 2.75) is 195 Å². The van der Waals surface area contributed by atoms with Gasteiger partial charge in [0.15, 0.2) is 17.5 Å². The van der Waals surface area contributed by atoms with Gasteiger partial charge in [0.25, 0.3) is 0 Å². The summed E-state index contributed by atoms with van der Waals surface area (Å²) < 4.78 is 0. The van der Waals surface area contributed by atoms with Crippen LogP contribution in [0.4, 0.5) is 0 Å². The van der Waals surface area contributed by atoms with Gasteiger partial charge in [-0.15, -0.1) is 0 Å². The summed E-state index contributed by atoms with van der Waals surface area (Å²) in [5.41, 5.74) is 26.8. The molecule has 4 nitrogen and oxygen atoms in total. The highest BCUT2D eigenvalue weighted by molar-refractivity contribution is 6.02. The Balaban J connectivity index is 0.992. The summed E-state index contributed by atoms with van der Waals surface area (Å²) >= 11 is 0. The lowest BCUT2D eigenvalue weighted by Crippen LogP contribution is -2.28. The zero-order valence-corrected chi connectivity index (χ0v) is 54.1. The highest BCUT2D eigenvalue weighted by atomic mass is 15.0. The van der Waals surface area contributed by atoms with E-state index in [1.54, 1.807) is 0 Å². The maximum atomic E-state index is 5.65. The van der Waals surface area contributed by atoms with E-state index in [-0.39, 0.29) is 5.41 Å². The van der Waals surface area contributed by atoms with Crippen molar-refractivity contribution in [2.75, 3.05) is 0 Å². The van der Waals surface area contributed by atoms with Crippen LogP contribution in [-0.4, -0.2) is 19.9 Å². The lowest BCUT2D eigenvalue weighted by molar-refractivity contribution is 0.401. The number of benzene rings is 8. The Kier molecular flexibility index (Phi) is 18.5. The molecule has 2 aliphatic rings. The number of nitrogens with zero attached hydrogens (tertiary/aromatic N) is 4. The van der Waals surface area contributed by atoms with Crippen LogP contribution in [0.15, 0.2) is 170 Å². The molecule has 0 N–H and O–H groups in total. The molecule has 0 aliphatic heterocycles. The lowest BCUT2D eigenvalue weighted by Gasteiger charge is -2.34. The van der Waals surface area contributed by atoms with E-state index in [1.807, 2.05) is 0 Å². The van der Waals surface area contributed by atoms with Gasteiger partial charge in [-0.05, 0) is 204 Å². The maximum absolute atomic E-state index is 5.65. The molecular formula is C84H92N4. The first-order valence-corrected chi connectivity index (χ1v) is 34.0. The average Bonchev–Trinajstić information content (AvgIpc) is 1.55. The molecule has 0 saturated heterocycles. The van der Waals surface area contributed by atoms with Crippen LogP contribution in [0.25, 0.3) is 78.6 Å². The lowest BCUT2D eigenvalue weighted by atomic mass is 9.67. The van der Waals surface area contributed by atoms with Crippen LogP contribution < -0.4 is 0 Å². The number of fused-ring (bicyclic) bond motifs is 8. The van der Waals surface area contributed by atoms with Crippen LogP contribution in [0.5, 0.6) is 0 Å². The third-order valence-electron chi connectivity index (χ3n) is 20.2. The minimum absolute atomic E-state index is 0.0246. The largest absolute Gasteiger partial charge is 0.248 e. The van der Waals surface area contributed by atoms with E-state index < -0.39 is 5.41 Å². The molecule has 0 spiro atoms. The molecule has 88 heavy (non-hydrogen) atoms. The van der Waals surface area contributed by atoms with E-state index in [2.05, 4.69) is 225 Å². The molecule has 0 radical (unpaired) electrons. The number of aryl methyl sites for hydroxylation is 4. The Morgan fingerprint density at radius 2 is 0.784 bits per heavy atom. The molecule has 0 fully saturated rings. The Morgan fingerprint density at radius 3 is 1.30 bits per heavy atom. The maximum Gasteiger partial charge on any atom is 0.164 e. The van der Waals surface area contributed by atoms with Crippen LogP contribution in [0.3, 0.4) is 0 Å². The summed E-state index contributed by atoms with van der Waals surface area (Å²) in [4.78, 5) is 22.1. The van der Waals surface area contributed by atoms with Gasteiger partial charge in [-0.2, -0.15) is 0 Å². The highest BCUT2D eigenvalue weighted by Gasteiger charge is 2.47. The third-order valence-corrected chi connectivity index (χ3v) is 20.2. The second kappa shape index (κ2) is 26.9. The fourth-order valence-corrected chi connectivity index (χ4v) is 15.7. The van der Waals surface area contributed by atoms with Gasteiger partial charge in [-0.1, -0.05) is 239 Å². The number of rotatable bonds is 26. The molecule has 0 atom stereocenters. The monoisotopic (exact) mass is 1160 g/mol. The number of hydrogen-bond donors (Lipinski definition) is 0. The first kappa shape index (κ1) is 60.5. The Morgan fingerprint density at radius 1 is 0.330 bits per heavy atom. The first-order valence-electron chi connectivity index (χ1n) is 34.0. The Labute approximate surface area is 526 Å². The summed E-state index contributed by atoms with van der Waals surface area (Å²) in [6.07, 6.45) is 24.7. The predicted molar refractivity (Wildman–Crippen MR) is 373 cm³/mol. The molecule has 448 valence electrons. The molecule has 2 aromatic heterocycles. The molecule has 0 saturated carbocycles. The summed E-state index contributed by atoms with van der Waals surface area (Å²) in [7, 11) is 0. The average molecular weight is 1160 g/mol. The van der Waals surface area contributed by atoms with Gasteiger partial charge in [0.1, 0.15) is 0 Å². The summed E-state index contributed by atoms with van der Waals surface area (Å²) in [5.74, 6) is 2.08. The minimum atomic E-state index is -0.681. The normalized spacial score (nSPS) is 13.4. The van der Waals surface area contributed by atoms with Crippen LogP contribution in [0.1, 0.15) is 210 Å². The SMILES string of the molecule is CCCCCCc1c(C)cc(-c2nc(-c3cc(C)c(CCCCCC)c(C)c3)nc(-c3ccc4c(c3)C(c3ccccc3)(c3ccccc3)c3cc(-c5ccc6c7c(ccc6n5)C(CCCCCC)(CCCCCC)c5ccccc5-7)ccc3-4)n2)cc1C. The van der Waals surface area contributed by atoms with E-state index in [9.17, 15) is 0 Å². The van der Waals surface area contributed by atoms with Gasteiger partial charge in [-0.25, -0.2) is 19.9 Å². The second-order valence-corrected chi connectivity index (χ2v) is 26.1. The molecule has 2 heterocycles. The molecule has 0 amide bonds. The second-order valence-electron chi connectivity index (χ2n) is 26.1. The number of unbranched alkanes of at least 4 members (excludes halogenated alkanes) is 12. The van der Waals surface area contributed by atoms with Gasteiger partial charge in [-0.3, -0.25) is 0 Å². The molecule has 4 heteroatoms. The first-order chi connectivity index (χ1) is 43.1. The minimum Gasteiger partial charge on any atom is -0.248 e. The van der Waals surface area contributed by atoms with Crippen molar-refractivity contribution in [3.05, 3.63) is 237 Å². The van der Waals surface area contributed by atoms with Gasteiger partial charge < -0.3 is 0 Å². The molecule has 0 unspecified atom stereocenters. The number of pyridine rings is 1. The number of hydrogen-bond acceptors (Lipinski definition) is 4. The molecule has 12 rings (SSSR count). The van der Waals surface area contributed by atoms with Crippen molar-refractivity contribution in [1.29, 1.82) is 0 Å². The van der Waals surface area contributed by atoms with Crippen molar-refractivity contribution >= 4 is 10.9 Å². The Hall–Kier alpha value is -7.82. The van der Waals surface area contributed by atoms with Gasteiger partial charge in [0, 0.05) is 33.1 Å². The van der Waals surface area contributed by atoms with Gasteiger partial charge in [0.05, 0.1) is 16.6 Å². The molecule has 8 aromatic carbocycles. The van der Waals surface area contributed by atoms with E-state index in [0.717, 1.165) is 46.3 Å².